The molecular formula is C18H23N5O4. The average molecular weight is 373 g/mol. The number of nitrogens with one attached hydrogen (secondary N) is 1. The largest absolute Gasteiger partial charge is 0.480 e. The molecule has 27 heavy (non-hydrogen) atoms. The summed E-state index contributed by atoms with van der Waals surface area (Å²) >= 11 is 0. The van der Waals surface area contributed by atoms with Gasteiger partial charge in [-0.2, -0.15) is 0 Å². The lowest BCUT2D eigenvalue weighted by atomic mass is 10.1. The second kappa shape index (κ2) is 6.50. The number of amides is 3. The normalized spacial score (nSPS) is 28.4. The fourth-order valence-corrected chi connectivity index (χ4v) is 4.20. The van der Waals surface area contributed by atoms with E-state index in [9.17, 15) is 14.4 Å². The number of fused-ring (bicyclic) bond motifs is 3. The summed E-state index contributed by atoms with van der Waals surface area (Å²) in [4.78, 5) is 43.1. The molecule has 4 rings (SSSR count). The minimum atomic E-state index is -1.20. The average Bonchev–Trinajstić information content (AvgIpc) is 3.04. The highest BCUT2D eigenvalue weighted by Gasteiger charge is 2.56. The fraction of sp³-hybridized carbons (Fsp3) is 0.500. The summed E-state index contributed by atoms with van der Waals surface area (Å²) in [5.74, 6) is -1.66. The highest BCUT2D eigenvalue weighted by molar-refractivity contribution is 6.02. The first kappa shape index (κ1) is 17.7. The van der Waals surface area contributed by atoms with Gasteiger partial charge in [0.2, 0.25) is 0 Å². The van der Waals surface area contributed by atoms with E-state index < -0.39 is 36.7 Å². The van der Waals surface area contributed by atoms with E-state index in [1.54, 1.807) is 7.05 Å². The predicted octanol–water partition coefficient (Wildman–Crippen LogP) is 0.0672. The number of hydrogen-bond donors (Lipinski definition) is 2. The number of carboxylic acid groups (broad SMARTS) is 1. The molecule has 0 radical (unpaired) electrons. The molecule has 3 aliphatic heterocycles. The minimum Gasteiger partial charge on any atom is -0.480 e. The number of carbonyl (C=O) groups is 3. The highest BCUT2D eigenvalue weighted by Crippen LogP contribution is 2.33. The molecule has 1 aromatic carbocycles. The molecule has 0 aromatic heterocycles. The molecule has 2 N–H and O–H groups in total. The molecule has 0 saturated carbocycles. The molecule has 0 spiro atoms. The second-order valence-corrected chi connectivity index (χ2v) is 7.26. The van der Waals surface area contributed by atoms with Gasteiger partial charge in [0, 0.05) is 25.8 Å². The van der Waals surface area contributed by atoms with Gasteiger partial charge in [-0.3, -0.25) is 24.7 Å². The zero-order valence-electron chi connectivity index (χ0n) is 15.3. The van der Waals surface area contributed by atoms with Gasteiger partial charge in [0.05, 0.1) is 0 Å². The standard InChI is InChI=1S/C18H23N5O4/c1-11-4-6-12(7-5-11)21-8-3-9-22-14-15(19-17(21)22)20(2)18(27)23(16(14)26)10-13(24)25/h4-7,14-15,17,19H,3,8-10H2,1-2H3,(H,24,25). The van der Waals surface area contributed by atoms with Gasteiger partial charge < -0.3 is 14.9 Å². The Morgan fingerprint density at radius 1 is 1.22 bits per heavy atom. The number of benzene rings is 1. The number of likely N-dealkylation sites (N-methyl/N-ethyl adjacent to an activating group) is 1. The lowest BCUT2D eigenvalue weighted by molar-refractivity contribution is -0.147. The number of hydrogen-bond acceptors (Lipinski definition) is 6. The third-order valence-electron chi connectivity index (χ3n) is 5.53. The maximum absolute atomic E-state index is 13.0. The van der Waals surface area contributed by atoms with E-state index in [0.29, 0.717) is 6.54 Å². The number of carbonyl (C=O) groups excluding carboxylic acids is 2. The first-order valence-electron chi connectivity index (χ1n) is 9.03. The van der Waals surface area contributed by atoms with Crippen LogP contribution in [0.2, 0.25) is 0 Å². The molecule has 3 atom stereocenters. The van der Waals surface area contributed by atoms with Crippen LogP contribution >= 0.6 is 0 Å². The number of imide groups is 1. The van der Waals surface area contributed by atoms with E-state index in [1.807, 2.05) is 24.0 Å². The van der Waals surface area contributed by atoms with Gasteiger partial charge in [-0.05, 0) is 25.5 Å². The van der Waals surface area contributed by atoms with Crippen LogP contribution in [0.4, 0.5) is 10.5 Å². The van der Waals surface area contributed by atoms with Crippen LogP contribution in [0.25, 0.3) is 0 Å². The summed E-state index contributed by atoms with van der Waals surface area (Å²) < 4.78 is 0. The van der Waals surface area contributed by atoms with Crippen molar-refractivity contribution in [3.8, 4) is 0 Å². The van der Waals surface area contributed by atoms with E-state index >= 15 is 0 Å². The third-order valence-corrected chi connectivity index (χ3v) is 5.53. The molecule has 9 nitrogen and oxygen atoms in total. The van der Waals surface area contributed by atoms with Crippen LogP contribution in [-0.4, -0.2) is 82.9 Å². The van der Waals surface area contributed by atoms with Crippen molar-refractivity contribution in [3.05, 3.63) is 29.8 Å². The van der Waals surface area contributed by atoms with Crippen molar-refractivity contribution < 1.29 is 19.5 Å². The second-order valence-electron chi connectivity index (χ2n) is 7.26. The van der Waals surface area contributed by atoms with Crippen LogP contribution < -0.4 is 10.2 Å². The lowest BCUT2D eigenvalue weighted by Crippen LogP contribution is -2.66. The number of urea groups is 1. The minimum absolute atomic E-state index is 0.222. The topological polar surface area (TPSA) is 96.4 Å². The van der Waals surface area contributed by atoms with Crippen molar-refractivity contribution in [1.82, 2.24) is 20.0 Å². The number of aliphatic carboxylic acids is 1. The molecule has 0 aliphatic carbocycles. The van der Waals surface area contributed by atoms with Gasteiger partial charge in [0.25, 0.3) is 5.91 Å². The summed E-state index contributed by atoms with van der Waals surface area (Å²) in [7, 11) is 1.60. The van der Waals surface area contributed by atoms with Gasteiger partial charge in [-0.25, -0.2) is 4.79 Å². The summed E-state index contributed by atoms with van der Waals surface area (Å²) in [6.07, 6.45) is 0.172. The fourth-order valence-electron chi connectivity index (χ4n) is 4.20. The Labute approximate surface area is 157 Å². The summed E-state index contributed by atoms with van der Waals surface area (Å²) in [6.45, 7) is 2.95. The van der Waals surface area contributed by atoms with Gasteiger partial charge in [-0.1, -0.05) is 17.7 Å². The van der Waals surface area contributed by atoms with Crippen LogP contribution in [0.5, 0.6) is 0 Å². The molecule has 3 unspecified atom stereocenters. The van der Waals surface area contributed by atoms with E-state index in [4.69, 9.17) is 5.11 Å². The molecule has 3 amide bonds. The molecule has 144 valence electrons. The van der Waals surface area contributed by atoms with Crippen LogP contribution in [0.1, 0.15) is 12.0 Å². The van der Waals surface area contributed by atoms with Crippen LogP contribution in [-0.2, 0) is 9.59 Å². The number of nitrogens with zero attached hydrogens (tertiary/aromatic N) is 4. The van der Waals surface area contributed by atoms with Crippen molar-refractivity contribution in [3.63, 3.8) is 0 Å². The quantitative estimate of drug-likeness (QED) is 0.774. The van der Waals surface area contributed by atoms with E-state index in [2.05, 4.69) is 22.3 Å². The zero-order chi connectivity index (χ0) is 19.3. The molecule has 0 bridgehead atoms. The van der Waals surface area contributed by atoms with Crippen molar-refractivity contribution in [2.75, 3.05) is 31.6 Å². The Balaban J connectivity index is 1.65. The van der Waals surface area contributed by atoms with E-state index in [1.165, 1.54) is 10.5 Å². The van der Waals surface area contributed by atoms with Crippen LogP contribution in [0.3, 0.4) is 0 Å². The Morgan fingerprint density at radius 2 is 1.93 bits per heavy atom. The van der Waals surface area contributed by atoms with Gasteiger partial charge >= 0.3 is 12.0 Å². The smallest absolute Gasteiger partial charge is 0.328 e. The summed E-state index contributed by atoms with van der Waals surface area (Å²) in [6, 6.07) is 7.02. The molecule has 9 heteroatoms. The maximum atomic E-state index is 13.0. The van der Waals surface area contributed by atoms with Crippen LogP contribution in [0, 0.1) is 6.92 Å². The Hall–Kier alpha value is -2.65. The van der Waals surface area contributed by atoms with Crippen molar-refractivity contribution in [2.24, 2.45) is 0 Å². The number of carboxylic acids is 1. The Kier molecular flexibility index (Phi) is 4.27. The SMILES string of the molecule is Cc1ccc(N2CCCN3C4C(=O)N(CC(=O)O)C(=O)N(C)C4NC23)cc1. The highest BCUT2D eigenvalue weighted by atomic mass is 16.4. The molecule has 1 aromatic rings. The Morgan fingerprint density at radius 3 is 2.59 bits per heavy atom. The summed E-state index contributed by atoms with van der Waals surface area (Å²) in [5.41, 5.74) is 2.22. The van der Waals surface area contributed by atoms with E-state index in [0.717, 1.165) is 23.6 Å². The number of anilines is 1. The maximum Gasteiger partial charge on any atom is 0.328 e. The van der Waals surface area contributed by atoms with Gasteiger partial charge in [-0.15, -0.1) is 0 Å². The van der Waals surface area contributed by atoms with Gasteiger partial charge in [0.15, 0.2) is 0 Å². The number of aryl methyl sites for hydroxylation is 1. The predicted molar refractivity (Wildman–Crippen MR) is 96.9 cm³/mol. The van der Waals surface area contributed by atoms with Gasteiger partial charge in [0.1, 0.15) is 25.0 Å². The Bertz CT molecular complexity index is 782. The molecular weight excluding hydrogens is 350 g/mol. The first-order chi connectivity index (χ1) is 12.9. The van der Waals surface area contributed by atoms with Crippen molar-refractivity contribution >= 4 is 23.6 Å². The molecule has 3 saturated heterocycles. The first-order valence-corrected chi connectivity index (χ1v) is 9.03. The van der Waals surface area contributed by atoms with Crippen molar-refractivity contribution in [2.45, 2.75) is 31.8 Å². The molecule has 3 aliphatic rings. The molecule has 3 heterocycles. The van der Waals surface area contributed by atoms with E-state index in [-0.39, 0.29) is 6.29 Å². The van der Waals surface area contributed by atoms with Crippen molar-refractivity contribution in [1.29, 1.82) is 0 Å². The number of rotatable bonds is 3. The monoisotopic (exact) mass is 373 g/mol. The zero-order valence-corrected chi connectivity index (χ0v) is 15.3. The summed E-state index contributed by atoms with van der Waals surface area (Å²) in [5, 5.41) is 12.5. The third kappa shape index (κ3) is 2.83. The lowest BCUT2D eigenvalue weighted by Gasteiger charge is -2.43. The molecule has 3 fully saturated rings. The van der Waals surface area contributed by atoms with Crippen LogP contribution in [0.15, 0.2) is 24.3 Å².